The van der Waals surface area contributed by atoms with E-state index >= 15 is 0 Å². The first-order valence-corrected chi connectivity index (χ1v) is 7.59. The standard InChI is InChI=1S/C14H17BrClNO2/c1-9(18)10-4-3-7-17(8-10)14(19)11-5-2-6-12(15)13(11)16/h2,5-6,9-10,18H,3-4,7-8H2,1H3/t9-,10+/m0/s1. The van der Waals surface area contributed by atoms with Crippen LogP contribution in [0.25, 0.3) is 0 Å². The van der Waals surface area contributed by atoms with E-state index in [2.05, 4.69) is 15.9 Å². The van der Waals surface area contributed by atoms with Gasteiger partial charge in [0, 0.05) is 23.5 Å². The second-order valence-electron chi connectivity index (χ2n) is 5.00. The third-order valence-corrected chi connectivity index (χ3v) is 4.91. The fourth-order valence-corrected chi connectivity index (χ4v) is 3.00. The van der Waals surface area contributed by atoms with Crippen LogP contribution >= 0.6 is 27.5 Å². The van der Waals surface area contributed by atoms with Crippen LogP contribution in [0.15, 0.2) is 22.7 Å². The molecule has 1 N–H and O–H groups in total. The topological polar surface area (TPSA) is 40.5 Å². The Morgan fingerprint density at radius 2 is 2.32 bits per heavy atom. The highest BCUT2D eigenvalue weighted by Crippen LogP contribution is 2.28. The predicted molar refractivity (Wildman–Crippen MR) is 79.5 cm³/mol. The van der Waals surface area contributed by atoms with E-state index in [1.54, 1.807) is 24.0 Å². The van der Waals surface area contributed by atoms with Crippen LogP contribution in [0.5, 0.6) is 0 Å². The number of carbonyl (C=O) groups is 1. The Balaban J connectivity index is 2.17. The predicted octanol–water partition coefficient (Wildman–Crippen LogP) is 3.34. The molecule has 0 radical (unpaired) electrons. The zero-order chi connectivity index (χ0) is 14.0. The van der Waals surface area contributed by atoms with Gasteiger partial charge >= 0.3 is 0 Å². The lowest BCUT2D eigenvalue weighted by Crippen LogP contribution is -2.43. The van der Waals surface area contributed by atoms with Gasteiger partial charge in [0.25, 0.3) is 5.91 Å². The third kappa shape index (κ3) is 3.30. The number of amides is 1. The lowest BCUT2D eigenvalue weighted by atomic mass is 9.93. The summed E-state index contributed by atoms with van der Waals surface area (Å²) >= 11 is 9.49. The number of piperidine rings is 1. The summed E-state index contributed by atoms with van der Waals surface area (Å²) in [5, 5.41) is 10.1. The van der Waals surface area contributed by atoms with E-state index in [-0.39, 0.29) is 17.9 Å². The van der Waals surface area contributed by atoms with Gasteiger partial charge < -0.3 is 10.0 Å². The van der Waals surface area contributed by atoms with Gasteiger partial charge in [-0.2, -0.15) is 0 Å². The number of carbonyl (C=O) groups excluding carboxylic acids is 1. The molecule has 104 valence electrons. The average molecular weight is 347 g/mol. The molecule has 2 rings (SSSR count). The highest BCUT2D eigenvalue weighted by molar-refractivity contribution is 9.10. The molecular weight excluding hydrogens is 330 g/mol. The molecule has 0 aliphatic carbocycles. The molecule has 0 bridgehead atoms. The van der Waals surface area contributed by atoms with Crippen LogP contribution in [0.4, 0.5) is 0 Å². The van der Waals surface area contributed by atoms with Crippen molar-refractivity contribution >= 4 is 33.4 Å². The fourth-order valence-electron chi connectivity index (χ4n) is 2.43. The summed E-state index contributed by atoms with van der Waals surface area (Å²) in [6.45, 7) is 3.11. The van der Waals surface area contributed by atoms with Crippen LogP contribution < -0.4 is 0 Å². The zero-order valence-electron chi connectivity index (χ0n) is 10.8. The number of nitrogens with zero attached hydrogens (tertiary/aromatic N) is 1. The molecule has 0 unspecified atom stereocenters. The quantitative estimate of drug-likeness (QED) is 0.892. The van der Waals surface area contributed by atoms with E-state index in [1.807, 2.05) is 6.07 Å². The highest BCUT2D eigenvalue weighted by atomic mass is 79.9. The number of benzene rings is 1. The van der Waals surface area contributed by atoms with Crippen molar-refractivity contribution < 1.29 is 9.90 Å². The minimum atomic E-state index is -0.381. The number of aliphatic hydroxyl groups is 1. The number of likely N-dealkylation sites (tertiary alicyclic amines) is 1. The molecular formula is C14H17BrClNO2. The van der Waals surface area contributed by atoms with Crippen LogP contribution in [-0.4, -0.2) is 35.1 Å². The SMILES string of the molecule is C[C@H](O)[C@@H]1CCCN(C(=O)c2cccc(Br)c2Cl)C1. The van der Waals surface area contributed by atoms with Crippen molar-refractivity contribution in [2.45, 2.75) is 25.9 Å². The van der Waals surface area contributed by atoms with Crippen molar-refractivity contribution in [3.63, 3.8) is 0 Å². The van der Waals surface area contributed by atoms with Crippen LogP contribution in [-0.2, 0) is 0 Å². The van der Waals surface area contributed by atoms with Gasteiger partial charge in [-0.1, -0.05) is 17.7 Å². The van der Waals surface area contributed by atoms with E-state index in [9.17, 15) is 9.90 Å². The van der Waals surface area contributed by atoms with Gasteiger partial charge in [-0.25, -0.2) is 0 Å². The molecule has 1 aliphatic rings. The Labute approximate surface area is 126 Å². The summed E-state index contributed by atoms with van der Waals surface area (Å²) in [4.78, 5) is 14.3. The van der Waals surface area contributed by atoms with Crippen molar-refractivity contribution in [3.05, 3.63) is 33.3 Å². The van der Waals surface area contributed by atoms with Crippen molar-refractivity contribution in [2.24, 2.45) is 5.92 Å². The molecule has 0 spiro atoms. The Kier molecular flexibility index (Phi) is 4.87. The third-order valence-electron chi connectivity index (χ3n) is 3.61. The molecule has 1 fully saturated rings. The number of hydrogen-bond acceptors (Lipinski definition) is 2. The van der Waals surface area contributed by atoms with Gasteiger partial charge in [0.2, 0.25) is 0 Å². The highest BCUT2D eigenvalue weighted by Gasteiger charge is 2.28. The van der Waals surface area contributed by atoms with Gasteiger partial charge in [0.15, 0.2) is 0 Å². The molecule has 1 saturated heterocycles. The van der Waals surface area contributed by atoms with Gasteiger partial charge in [0.05, 0.1) is 16.7 Å². The van der Waals surface area contributed by atoms with E-state index in [1.165, 1.54) is 0 Å². The molecule has 1 heterocycles. The average Bonchev–Trinajstić information content (AvgIpc) is 2.41. The van der Waals surface area contributed by atoms with Gasteiger partial charge in [-0.3, -0.25) is 4.79 Å². The molecule has 1 aliphatic heterocycles. The number of rotatable bonds is 2. The monoisotopic (exact) mass is 345 g/mol. The number of hydrogen-bond donors (Lipinski definition) is 1. The Morgan fingerprint density at radius 1 is 1.58 bits per heavy atom. The van der Waals surface area contributed by atoms with E-state index < -0.39 is 0 Å². The summed E-state index contributed by atoms with van der Waals surface area (Å²) in [7, 11) is 0. The molecule has 2 atom stereocenters. The minimum absolute atomic E-state index is 0.0587. The maximum absolute atomic E-state index is 12.5. The summed E-state index contributed by atoms with van der Waals surface area (Å²) < 4.78 is 0.726. The number of halogens is 2. The molecule has 19 heavy (non-hydrogen) atoms. The fraction of sp³-hybridized carbons (Fsp3) is 0.500. The summed E-state index contributed by atoms with van der Waals surface area (Å²) in [5.41, 5.74) is 0.516. The van der Waals surface area contributed by atoms with E-state index in [0.717, 1.165) is 23.9 Å². The molecule has 1 aromatic rings. The molecule has 3 nitrogen and oxygen atoms in total. The smallest absolute Gasteiger partial charge is 0.255 e. The Hall–Kier alpha value is -0.580. The first-order valence-electron chi connectivity index (χ1n) is 6.42. The van der Waals surface area contributed by atoms with Crippen molar-refractivity contribution in [1.82, 2.24) is 4.90 Å². The van der Waals surface area contributed by atoms with Crippen molar-refractivity contribution in [1.29, 1.82) is 0 Å². The second kappa shape index (κ2) is 6.25. The largest absolute Gasteiger partial charge is 0.393 e. The summed E-state index contributed by atoms with van der Waals surface area (Å²) in [5.74, 6) is 0.0975. The molecule has 0 saturated carbocycles. The van der Waals surface area contributed by atoms with Gasteiger partial charge in [-0.15, -0.1) is 0 Å². The minimum Gasteiger partial charge on any atom is -0.393 e. The Bertz CT molecular complexity index is 479. The summed E-state index contributed by atoms with van der Waals surface area (Å²) in [6, 6.07) is 5.36. The lowest BCUT2D eigenvalue weighted by Gasteiger charge is -2.34. The van der Waals surface area contributed by atoms with E-state index in [4.69, 9.17) is 11.6 Å². The van der Waals surface area contributed by atoms with Crippen LogP contribution in [0.2, 0.25) is 5.02 Å². The lowest BCUT2D eigenvalue weighted by molar-refractivity contribution is 0.0466. The van der Waals surface area contributed by atoms with Crippen LogP contribution in [0.3, 0.4) is 0 Å². The van der Waals surface area contributed by atoms with Gasteiger partial charge in [0.1, 0.15) is 0 Å². The molecule has 5 heteroatoms. The summed E-state index contributed by atoms with van der Waals surface area (Å²) in [6.07, 6.45) is 1.51. The molecule has 0 aromatic heterocycles. The van der Waals surface area contributed by atoms with Crippen molar-refractivity contribution in [3.8, 4) is 0 Å². The maximum atomic E-state index is 12.5. The van der Waals surface area contributed by atoms with Crippen LogP contribution in [0.1, 0.15) is 30.1 Å². The first kappa shape index (κ1) is 14.8. The molecule has 1 aromatic carbocycles. The second-order valence-corrected chi connectivity index (χ2v) is 6.23. The van der Waals surface area contributed by atoms with Crippen molar-refractivity contribution in [2.75, 3.05) is 13.1 Å². The number of aliphatic hydroxyl groups excluding tert-OH is 1. The van der Waals surface area contributed by atoms with Gasteiger partial charge in [-0.05, 0) is 47.8 Å². The first-order chi connectivity index (χ1) is 9.00. The van der Waals surface area contributed by atoms with E-state index in [0.29, 0.717) is 17.1 Å². The van der Waals surface area contributed by atoms with Crippen LogP contribution in [0, 0.1) is 5.92 Å². The molecule has 1 amide bonds. The normalized spacial score (nSPS) is 21.3. The Morgan fingerprint density at radius 3 is 3.00 bits per heavy atom. The maximum Gasteiger partial charge on any atom is 0.255 e. The zero-order valence-corrected chi connectivity index (χ0v) is 13.1.